The summed E-state index contributed by atoms with van der Waals surface area (Å²) in [6.07, 6.45) is 8.24. The SMILES string of the molecule is CC1=CC(=O)C=C/C1=N\OC1=C(O/N=C2\C=CC(=O)C=C2C)C(=O)c2ccccc2C1=O. The number of hydrogen-bond acceptors (Lipinski definition) is 8. The Morgan fingerprint density at radius 3 is 1.41 bits per heavy atom. The van der Waals surface area contributed by atoms with Crippen molar-refractivity contribution in [1.29, 1.82) is 0 Å². The molecule has 1 aromatic carbocycles. The van der Waals surface area contributed by atoms with E-state index < -0.39 is 23.1 Å². The molecule has 0 bridgehead atoms. The standard InChI is InChI=1S/C24H16N2O6/c1-13-11-15(27)7-9-19(13)25-31-23-21(29)17-5-3-4-6-18(17)22(30)24(23)32-26-20-10-8-16(28)12-14(20)2/h3-12H,1-2H3/b25-19+,26-20+. The van der Waals surface area contributed by atoms with Crippen LogP contribution >= 0.6 is 0 Å². The minimum Gasteiger partial charge on any atom is -0.348 e. The molecule has 0 radical (unpaired) electrons. The van der Waals surface area contributed by atoms with E-state index in [-0.39, 0.29) is 22.7 Å². The third-order valence-electron chi connectivity index (χ3n) is 4.84. The van der Waals surface area contributed by atoms with Gasteiger partial charge in [0.2, 0.25) is 11.6 Å². The molecule has 0 aliphatic heterocycles. The molecule has 158 valence electrons. The van der Waals surface area contributed by atoms with Gasteiger partial charge in [-0.1, -0.05) is 34.6 Å². The van der Waals surface area contributed by atoms with Crippen molar-refractivity contribution in [3.8, 4) is 0 Å². The van der Waals surface area contributed by atoms with Gasteiger partial charge < -0.3 is 9.68 Å². The summed E-state index contributed by atoms with van der Waals surface area (Å²) in [6.45, 7) is 3.33. The van der Waals surface area contributed by atoms with Crippen LogP contribution in [0, 0.1) is 0 Å². The van der Waals surface area contributed by atoms with Crippen molar-refractivity contribution in [2.75, 3.05) is 0 Å². The largest absolute Gasteiger partial charge is 0.348 e. The molecule has 1 aromatic rings. The maximum absolute atomic E-state index is 13.0. The van der Waals surface area contributed by atoms with E-state index in [1.54, 1.807) is 26.0 Å². The molecular weight excluding hydrogens is 412 g/mol. The minimum atomic E-state index is -0.598. The summed E-state index contributed by atoms with van der Waals surface area (Å²) in [7, 11) is 0. The first-order valence-electron chi connectivity index (χ1n) is 9.59. The average Bonchev–Trinajstić information content (AvgIpc) is 2.76. The van der Waals surface area contributed by atoms with E-state index in [4.69, 9.17) is 9.68 Å². The molecule has 3 aliphatic rings. The molecule has 8 nitrogen and oxygen atoms in total. The van der Waals surface area contributed by atoms with Crippen LogP contribution in [0.4, 0.5) is 0 Å². The zero-order chi connectivity index (χ0) is 22.8. The topological polar surface area (TPSA) is 111 Å². The highest BCUT2D eigenvalue weighted by Gasteiger charge is 2.36. The van der Waals surface area contributed by atoms with Crippen LogP contribution in [0.3, 0.4) is 0 Å². The number of nitrogens with zero attached hydrogens (tertiary/aromatic N) is 2. The highest BCUT2D eigenvalue weighted by Crippen LogP contribution is 2.28. The van der Waals surface area contributed by atoms with Crippen LogP contribution in [0.5, 0.6) is 0 Å². The third-order valence-corrected chi connectivity index (χ3v) is 4.84. The summed E-state index contributed by atoms with van der Waals surface area (Å²) in [4.78, 5) is 59.8. The van der Waals surface area contributed by atoms with Crippen LogP contribution in [0.25, 0.3) is 0 Å². The Labute approximate surface area is 182 Å². The van der Waals surface area contributed by atoms with Crippen LogP contribution in [0.1, 0.15) is 34.6 Å². The lowest BCUT2D eigenvalue weighted by Crippen LogP contribution is -2.24. The van der Waals surface area contributed by atoms with E-state index >= 15 is 0 Å². The maximum Gasteiger partial charge on any atom is 0.255 e. The molecule has 0 amide bonds. The van der Waals surface area contributed by atoms with Crippen molar-refractivity contribution in [1.82, 2.24) is 0 Å². The molecule has 0 fully saturated rings. The van der Waals surface area contributed by atoms with Gasteiger partial charge in [0.15, 0.2) is 11.6 Å². The van der Waals surface area contributed by atoms with Crippen LogP contribution < -0.4 is 0 Å². The molecule has 32 heavy (non-hydrogen) atoms. The summed E-state index contributed by atoms with van der Waals surface area (Å²) in [5.41, 5.74) is 1.99. The molecule has 0 unspecified atom stereocenters. The van der Waals surface area contributed by atoms with Gasteiger partial charge in [-0.2, -0.15) is 0 Å². The molecule has 8 heteroatoms. The number of Topliss-reactive ketones (excluding diaryl/α,β-unsaturated/α-hetero) is 2. The summed E-state index contributed by atoms with van der Waals surface area (Å²) in [5, 5.41) is 7.86. The van der Waals surface area contributed by atoms with Gasteiger partial charge in [0.05, 0.1) is 0 Å². The number of benzene rings is 1. The van der Waals surface area contributed by atoms with Gasteiger partial charge >= 0.3 is 0 Å². The lowest BCUT2D eigenvalue weighted by atomic mass is 9.92. The number of hydrogen-bond donors (Lipinski definition) is 0. The van der Waals surface area contributed by atoms with Gasteiger partial charge in [0.25, 0.3) is 11.5 Å². The van der Waals surface area contributed by atoms with E-state index in [1.807, 2.05) is 0 Å². The Balaban J connectivity index is 1.74. The van der Waals surface area contributed by atoms with Crippen molar-refractivity contribution < 1.29 is 28.9 Å². The summed E-state index contributed by atoms with van der Waals surface area (Å²) < 4.78 is 0. The van der Waals surface area contributed by atoms with Gasteiger partial charge in [0, 0.05) is 11.1 Å². The average molecular weight is 428 g/mol. The Bertz CT molecular complexity index is 1200. The Morgan fingerprint density at radius 1 is 0.625 bits per heavy atom. The number of fused-ring (bicyclic) bond motifs is 1. The molecule has 0 aromatic heterocycles. The van der Waals surface area contributed by atoms with E-state index in [0.717, 1.165) is 0 Å². The van der Waals surface area contributed by atoms with Crippen molar-refractivity contribution >= 4 is 34.6 Å². The smallest absolute Gasteiger partial charge is 0.255 e. The molecule has 3 aliphatic carbocycles. The summed E-state index contributed by atoms with van der Waals surface area (Å²) in [5.74, 6) is -2.44. The summed E-state index contributed by atoms with van der Waals surface area (Å²) in [6, 6.07) is 6.25. The first kappa shape index (κ1) is 20.8. The third kappa shape index (κ3) is 3.93. The molecular formula is C24H16N2O6. The first-order chi connectivity index (χ1) is 15.3. The Morgan fingerprint density at radius 2 is 1.03 bits per heavy atom. The molecule has 0 saturated carbocycles. The Hall–Kier alpha value is -4.46. The van der Waals surface area contributed by atoms with Gasteiger partial charge in [0.1, 0.15) is 11.4 Å². The van der Waals surface area contributed by atoms with Crippen LogP contribution in [0.15, 0.2) is 93.7 Å². The number of rotatable bonds is 4. The van der Waals surface area contributed by atoms with E-state index in [1.165, 1.54) is 48.6 Å². The van der Waals surface area contributed by atoms with Crippen LogP contribution in [0.2, 0.25) is 0 Å². The maximum atomic E-state index is 13.0. The van der Waals surface area contributed by atoms with Gasteiger partial charge in [-0.15, -0.1) is 0 Å². The normalized spacial score (nSPS) is 20.6. The van der Waals surface area contributed by atoms with Crippen molar-refractivity contribution in [2.24, 2.45) is 10.3 Å². The van der Waals surface area contributed by atoms with Gasteiger partial charge in [-0.05, 0) is 61.4 Å². The number of ketones is 4. The number of carbonyl (C=O) groups excluding carboxylic acids is 4. The zero-order valence-electron chi connectivity index (χ0n) is 17.1. The predicted molar refractivity (Wildman–Crippen MR) is 115 cm³/mol. The second-order valence-corrected chi connectivity index (χ2v) is 7.12. The van der Waals surface area contributed by atoms with E-state index in [9.17, 15) is 19.2 Å². The first-order valence-corrected chi connectivity index (χ1v) is 9.59. The van der Waals surface area contributed by atoms with Gasteiger partial charge in [-0.3, -0.25) is 19.2 Å². The number of allylic oxidation sites excluding steroid dienone is 10. The molecule has 0 saturated heterocycles. The highest BCUT2D eigenvalue weighted by atomic mass is 16.7. The molecule has 0 atom stereocenters. The molecule has 0 spiro atoms. The fraction of sp³-hybridized carbons (Fsp3) is 0.0833. The second kappa shape index (κ2) is 8.35. The second-order valence-electron chi connectivity index (χ2n) is 7.12. The molecule has 0 heterocycles. The fourth-order valence-electron chi connectivity index (χ4n) is 3.15. The zero-order valence-corrected chi connectivity index (χ0v) is 17.1. The van der Waals surface area contributed by atoms with E-state index in [0.29, 0.717) is 22.6 Å². The fourth-order valence-corrected chi connectivity index (χ4v) is 3.15. The quantitative estimate of drug-likeness (QED) is 0.538. The molecule has 4 rings (SSSR count). The molecule has 0 N–H and O–H groups in total. The highest BCUT2D eigenvalue weighted by molar-refractivity contribution is 6.25. The Kier molecular flexibility index (Phi) is 5.43. The van der Waals surface area contributed by atoms with Crippen molar-refractivity contribution in [3.05, 3.63) is 94.5 Å². The minimum absolute atomic E-state index is 0.147. The monoisotopic (exact) mass is 428 g/mol. The number of carbonyl (C=O) groups is 4. The van der Waals surface area contributed by atoms with Crippen molar-refractivity contribution in [2.45, 2.75) is 13.8 Å². The van der Waals surface area contributed by atoms with Gasteiger partial charge in [-0.25, -0.2) is 0 Å². The lowest BCUT2D eigenvalue weighted by molar-refractivity contribution is -0.111. The van der Waals surface area contributed by atoms with Crippen LogP contribution in [-0.2, 0) is 19.3 Å². The van der Waals surface area contributed by atoms with Crippen LogP contribution in [-0.4, -0.2) is 34.6 Å². The number of oxime groups is 2. The van der Waals surface area contributed by atoms with Crippen molar-refractivity contribution in [3.63, 3.8) is 0 Å². The lowest BCUT2D eigenvalue weighted by Gasteiger charge is -2.18. The van der Waals surface area contributed by atoms with E-state index in [2.05, 4.69) is 10.3 Å². The summed E-state index contributed by atoms with van der Waals surface area (Å²) >= 11 is 0. The predicted octanol–water partition coefficient (Wildman–Crippen LogP) is 3.19.